The van der Waals surface area contributed by atoms with Gasteiger partial charge in [0.1, 0.15) is 0 Å². The van der Waals surface area contributed by atoms with Gasteiger partial charge in [-0.25, -0.2) is 0 Å². The Hall–Kier alpha value is -1.61. The molecule has 1 N–H and O–H groups in total. The predicted octanol–water partition coefficient (Wildman–Crippen LogP) is 4.77. The van der Waals surface area contributed by atoms with Crippen LogP contribution in [0.3, 0.4) is 0 Å². The van der Waals surface area contributed by atoms with Gasteiger partial charge in [0.2, 0.25) is 5.91 Å². The highest BCUT2D eigenvalue weighted by molar-refractivity contribution is 9.10. The van der Waals surface area contributed by atoms with Crippen molar-refractivity contribution in [2.24, 2.45) is 5.41 Å². The molecule has 0 aliphatic rings. The van der Waals surface area contributed by atoms with Gasteiger partial charge in [-0.15, -0.1) is 0 Å². The Morgan fingerprint density at radius 3 is 2.30 bits per heavy atom. The molecule has 0 aliphatic heterocycles. The molecular weight excluding hydrogens is 350 g/mol. The summed E-state index contributed by atoms with van der Waals surface area (Å²) in [6, 6.07) is 18.5. The minimum Gasteiger partial charge on any atom is -0.356 e. The fourth-order valence-corrected chi connectivity index (χ4v) is 2.81. The molecule has 0 saturated carbocycles. The zero-order valence-corrected chi connectivity index (χ0v) is 15.4. The second-order valence-corrected chi connectivity index (χ2v) is 7.65. The molecule has 0 heterocycles. The Balaban J connectivity index is 1.76. The third kappa shape index (κ3) is 6.57. The molecule has 0 atom stereocenters. The quantitative estimate of drug-likeness (QED) is 0.743. The third-order valence-electron chi connectivity index (χ3n) is 3.84. The van der Waals surface area contributed by atoms with E-state index in [0.717, 1.165) is 17.3 Å². The van der Waals surface area contributed by atoms with Crippen molar-refractivity contribution in [2.75, 3.05) is 6.54 Å². The number of carbonyl (C=O) groups is 1. The van der Waals surface area contributed by atoms with Crippen molar-refractivity contribution >= 4 is 21.8 Å². The first-order valence-corrected chi connectivity index (χ1v) is 8.79. The number of rotatable bonds is 7. The maximum atomic E-state index is 12.0. The zero-order chi connectivity index (χ0) is 16.7. The molecular formula is C20H24BrNO. The number of nitrogens with one attached hydrogen (secondary N) is 1. The van der Waals surface area contributed by atoms with Gasteiger partial charge in [0, 0.05) is 17.4 Å². The maximum Gasteiger partial charge on any atom is 0.220 e. The molecule has 0 unspecified atom stereocenters. The van der Waals surface area contributed by atoms with E-state index in [1.54, 1.807) is 0 Å². The Bertz CT molecular complexity index is 620. The largest absolute Gasteiger partial charge is 0.356 e. The maximum absolute atomic E-state index is 12.0. The van der Waals surface area contributed by atoms with Crippen LogP contribution in [0, 0.1) is 5.41 Å². The van der Waals surface area contributed by atoms with E-state index in [4.69, 9.17) is 0 Å². The molecule has 2 aromatic carbocycles. The van der Waals surface area contributed by atoms with Gasteiger partial charge >= 0.3 is 0 Å². The summed E-state index contributed by atoms with van der Waals surface area (Å²) in [7, 11) is 0. The van der Waals surface area contributed by atoms with Gasteiger partial charge in [-0.05, 0) is 41.5 Å². The van der Waals surface area contributed by atoms with Gasteiger partial charge in [-0.1, -0.05) is 72.2 Å². The zero-order valence-electron chi connectivity index (χ0n) is 13.8. The van der Waals surface area contributed by atoms with Crippen LogP contribution < -0.4 is 5.32 Å². The first-order valence-electron chi connectivity index (χ1n) is 8.00. The van der Waals surface area contributed by atoms with Crippen molar-refractivity contribution in [1.29, 1.82) is 0 Å². The van der Waals surface area contributed by atoms with Crippen LogP contribution in [0.1, 0.15) is 31.4 Å². The molecule has 0 bridgehead atoms. The Morgan fingerprint density at radius 2 is 1.65 bits per heavy atom. The lowest BCUT2D eigenvalue weighted by Crippen LogP contribution is -2.35. The van der Waals surface area contributed by atoms with E-state index in [1.165, 1.54) is 11.1 Å². The average molecular weight is 374 g/mol. The van der Waals surface area contributed by atoms with E-state index in [9.17, 15) is 4.79 Å². The summed E-state index contributed by atoms with van der Waals surface area (Å²) in [6.07, 6.45) is 2.28. The summed E-state index contributed by atoms with van der Waals surface area (Å²) >= 11 is 3.45. The average Bonchev–Trinajstić information content (AvgIpc) is 2.54. The van der Waals surface area contributed by atoms with Crippen LogP contribution in [0.2, 0.25) is 0 Å². The molecule has 1 amide bonds. The number of halogens is 1. The van der Waals surface area contributed by atoms with Crippen LogP contribution in [-0.2, 0) is 17.6 Å². The highest BCUT2D eigenvalue weighted by Crippen LogP contribution is 2.22. The minimum absolute atomic E-state index is 0.0379. The van der Waals surface area contributed by atoms with E-state index in [2.05, 4.69) is 71.5 Å². The van der Waals surface area contributed by atoms with Crippen LogP contribution >= 0.6 is 15.9 Å². The summed E-state index contributed by atoms with van der Waals surface area (Å²) in [5, 5.41) is 3.08. The Kier molecular flexibility index (Phi) is 6.40. The number of hydrogen-bond acceptors (Lipinski definition) is 1. The summed E-state index contributed by atoms with van der Waals surface area (Å²) in [4.78, 5) is 12.0. The van der Waals surface area contributed by atoms with Crippen LogP contribution in [0.4, 0.5) is 0 Å². The predicted molar refractivity (Wildman–Crippen MR) is 99.4 cm³/mol. The molecule has 23 heavy (non-hydrogen) atoms. The van der Waals surface area contributed by atoms with Crippen molar-refractivity contribution in [2.45, 2.75) is 33.1 Å². The molecule has 0 aromatic heterocycles. The van der Waals surface area contributed by atoms with E-state index < -0.39 is 0 Å². The molecule has 0 aliphatic carbocycles. The second kappa shape index (κ2) is 8.30. The summed E-state index contributed by atoms with van der Waals surface area (Å²) in [6.45, 7) is 5.07. The molecule has 0 spiro atoms. The van der Waals surface area contributed by atoms with Gasteiger partial charge < -0.3 is 5.32 Å². The van der Waals surface area contributed by atoms with Gasteiger partial charge in [0.15, 0.2) is 0 Å². The van der Waals surface area contributed by atoms with Crippen molar-refractivity contribution in [1.82, 2.24) is 5.32 Å². The lowest BCUT2D eigenvalue weighted by Gasteiger charge is -2.25. The number of aryl methyl sites for hydroxylation is 1. The molecule has 3 heteroatoms. The number of benzene rings is 2. The molecule has 0 saturated heterocycles. The molecule has 2 rings (SSSR count). The standard InChI is InChI=1S/C20H24BrNO/c1-20(2,14-17-8-11-18(21)12-9-17)15-22-19(23)13-10-16-6-4-3-5-7-16/h3-9,11-12H,10,13-15H2,1-2H3,(H,22,23). The lowest BCUT2D eigenvalue weighted by molar-refractivity contribution is -0.121. The lowest BCUT2D eigenvalue weighted by atomic mass is 9.85. The van der Waals surface area contributed by atoms with Gasteiger partial charge in [-0.3, -0.25) is 4.79 Å². The molecule has 122 valence electrons. The first kappa shape index (κ1) is 17.7. The topological polar surface area (TPSA) is 29.1 Å². The van der Waals surface area contributed by atoms with E-state index in [0.29, 0.717) is 13.0 Å². The highest BCUT2D eigenvalue weighted by Gasteiger charge is 2.19. The minimum atomic E-state index is 0.0379. The van der Waals surface area contributed by atoms with Crippen molar-refractivity contribution in [3.8, 4) is 0 Å². The summed E-state index contributed by atoms with van der Waals surface area (Å²) in [5.41, 5.74) is 2.53. The first-order chi connectivity index (χ1) is 10.9. The number of amides is 1. The van der Waals surface area contributed by atoms with Gasteiger partial charge in [0.25, 0.3) is 0 Å². The summed E-state index contributed by atoms with van der Waals surface area (Å²) < 4.78 is 1.09. The van der Waals surface area contributed by atoms with E-state index in [1.807, 2.05) is 18.2 Å². The van der Waals surface area contributed by atoms with Crippen molar-refractivity contribution in [3.05, 3.63) is 70.2 Å². The normalized spacial score (nSPS) is 11.3. The number of hydrogen-bond donors (Lipinski definition) is 1. The second-order valence-electron chi connectivity index (χ2n) is 6.73. The monoisotopic (exact) mass is 373 g/mol. The molecule has 0 fully saturated rings. The molecule has 0 radical (unpaired) electrons. The highest BCUT2D eigenvalue weighted by atomic mass is 79.9. The van der Waals surface area contributed by atoms with Crippen LogP contribution in [-0.4, -0.2) is 12.5 Å². The molecule has 2 aromatic rings. The fraction of sp³-hybridized carbons (Fsp3) is 0.350. The van der Waals surface area contributed by atoms with Gasteiger partial charge in [-0.2, -0.15) is 0 Å². The third-order valence-corrected chi connectivity index (χ3v) is 4.37. The number of carbonyl (C=O) groups excluding carboxylic acids is 1. The van der Waals surface area contributed by atoms with Crippen LogP contribution in [0.5, 0.6) is 0 Å². The van der Waals surface area contributed by atoms with E-state index >= 15 is 0 Å². The Labute approximate surface area is 147 Å². The van der Waals surface area contributed by atoms with Gasteiger partial charge in [0.05, 0.1) is 0 Å². The van der Waals surface area contributed by atoms with Crippen molar-refractivity contribution in [3.63, 3.8) is 0 Å². The summed E-state index contributed by atoms with van der Waals surface area (Å²) in [5.74, 6) is 0.123. The smallest absolute Gasteiger partial charge is 0.220 e. The van der Waals surface area contributed by atoms with Crippen LogP contribution in [0.25, 0.3) is 0 Å². The van der Waals surface area contributed by atoms with Crippen molar-refractivity contribution < 1.29 is 4.79 Å². The van der Waals surface area contributed by atoms with Crippen LogP contribution in [0.15, 0.2) is 59.1 Å². The Morgan fingerprint density at radius 1 is 1.00 bits per heavy atom. The fourth-order valence-electron chi connectivity index (χ4n) is 2.55. The van der Waals surface area contributed by atoms with E-state index in [-0.39, 0.29) is 11.3 Å². The SMILES string of the molecule is CC(C)(CNC(=O)CCc1ccccc1)Cc1ccc(Br)cc1. The molecule has 2 nitrogen and oxygen atoms in total.